The molecule has 0 radical (unpaired) electrons. The van der Waals surface area contributed by atoms with Crippen LogP contribution in [0.3, 0.4) is 0 Å². The lowest BCUT2D eigenvalue weighted by Crippen LogP contribution is -2.20. The fourth-order valence-electron chi connectivity index (χ4n) is 2.35. The molecule has 90 valence electrons. The maximum Gasteiger partial charge on any atom is 0.117 e. The highest BCUT2D eigenvalue weighted by Gasteiger charge is 2.14. The molecule has 1 aliphatic rings. The van der Waals surface area contributed by atoms with E-state index in [1.54, 1.807) is 11.8 Å². The molecule has 2 rings (SSSR count). The zero-order valence-electron chi connectivity index (χ0n) is 10.00. The van der Waals surface area contributed by atoms with Crippen molar-refractivity contribution in [3.05, 3.63) is 23.7 Å². The van der Waals surface area contributed by atoms with E-state index in [2.05, 4.69) is 23.7 Å². The monoisotopic (exact) mass is 239 g/mol. The van der Waals surface area contributed by atoms with E-state index in [0.717, 1.165) is 36.3 Å². The summed E-state index contributed by atoms with van der Waals surface area (Å²) >= 11 is 1.80. The van der Waals surface area contributed by atoms with E-state index < -0.39 is 0 Å². The Morgan fingerprint density at radius 3 is 2.81 bits per heavy atom. The summed E-state index contributed by atoms with van der Waals surface area (Å²) < 4.78 is 5.71. The largest absolute Gasteiger partial charge is 0.464 e. The van der Waals surface area contributed by atoms with E-state index in [4.69, 9.17) is 4.42 Å². The molecule has 16 heavy (non-hydrogen) atoms. The van der Waals surface area contributed by atoms with Crippen LogP contribution in [0.25, 0.3) is 0 Å². The molecule has 1 fully saturated rings. The minimum atomic E-state index is 0.880. The third kappa shape index (κ3) is 3.56. The zero-order chi connectivity index (χ0) is 11.2. The summed E-state index contributed by atoms with van der Waals surface area (Å²) in [5.74, 6) is 4.04. The van der Waals surface area contributed by atoms with Crippen molar-refractivity contribution in [2.75, 3.05) is 12.8 Å². The van der Waals surface area contributed by atoms with Crippen molar-refractivity contribution in [3.63, 3.8) is 0 Å². The Kier molecular flexibility index (Phi) is 4.79. The van der Waals surface area contributed by atoms with Crippen molar-refractivity contribution < 1.29 is 4.42 Å². The predicted molar refractivity (Wildman–Crippen MR) is 69.6 cm³/mol. The van der Waals surface area contributed by atoms with Crippen molar-refractivity contribution in [1.29, 1.82) is 0 Å². The number of hydrogen-bond acceptors (Lipinski definition) is 3. The number of rotatable bonds is 6. The first-order chi connectivity index (χ1) is 7.88. The van der Waals surface area contributed by atoms with Crippen LogP contribution >= 0.6 is 11.8 Å². The lowest BCUT2D eigenvalue weighted by Gasteiger charge is -2.08. The molecule has 0 unspecified atom stereocenters. The summed E-state index contributed by atoms with van der Waals surface area (Å²) in [5.41, 5.74) is 0. The molecule has 0 spiro atoms. The van der Waals surface area contributed by atoms with Crippen LogP contribution < -0.4 is 5.32 Å². The predicted octanol–water partition coefficient (Wildman–Crippen LogP) is 3.42. The SMILES string of the molecule is CSCc1ccc(CNCC2CCCC2)o1. The van der Waals surface area contributed by atoms with Gasteiger partial charge in [-0.15, -0.1) is 0 Å². The maximum atomic E-state index is 5.71. The molecule has 0 saturated heterocycles. The molecule has 1 aliphatic carbocycles. The topological polar surface area (TPSA) is 25.2 Å². The molecule has 0 bridgehead atoms. The first-order valence-corrected chi connectivity index (χ1v) is 7.55. The normalized spacial score (nSPS) is 17.1. The van der Waals surface area contributed by atoms with Gasteiger partial charge in [0.05, 0.1) is 12.3 Å². The fourth-order valence-corrected chi connectivity index (χ4v) is 2.79. The van der Waals surface area contributed by atoms with Crippen LogP contribution in [0.2, 0.25) is 0 Å². The van der Waals surface area contributed by atoms with Crippen molar-refractivity contribution in [3.8, 4) is 0 Å². The second kappa shape index (κ2) is 6.36. The first-order valence-electron chi connectivity index (χ1n) is 6.15. The second-order valence-electron chi connectivity index (χ2n) is 4.58. The Hall–Kier alpha value is -0.410. The van der Waals surface area contributed by atoms with Crippen molar-refractivity contribution in [1.82, 2.24) is 5.32 Å². The van der Waals surface area contributed by atoms with Crippen LogP contribution in [0.5, 0.6) is 0 Å². The molecule has 1 aromatic heterocycles. The molecule has 3 heteroatoms. The van der Waals surface area contributed by atoms with E-state index in [1.807, 2.05) is 0 Å². The summed E-state index contributed by atoms with van der Waals surface area (Å²) in [5, 5.41) is 3.50. The molecular weight excluding hydrogens is 218 g/mol. The molecule has 0 amide bonds. The van der Waals surface area contributed by atoms with Crippen molar-refractivity contribution >= 4 is 11.8 Å². The molecule has 0 aromatic carbocycles. The van der Waals surface area contributed by atoms with Crippen molar-refractivity contribution in [2.24, 2.45) is 5.92 Å². The molecule has 1 aromatic rings. The number of hydrogen-bond donors (Lipinski definition) is 1. The van der Waals surface area contributed by atoms with Gasteiger partial charge in [0.2, 0.25) is 0 Å². The van der Waals surface area contributed by atoms with Gasteiger partial charge in [0.15, 0.2) is 0 Å². The Labute approximate surface area is 102 Å². The van der Waals surface area contributed by atoms with Crippen molar-refractivity contribution in [2.45, 2.75) is 38.0 Å². The molecule has 1 heterocycles. The third-order valence-corrected chi connectivity index (χ3v) is 3.78. The summed E-state index contributed by atoms with van der Waals surface area (Å²) in [4.78, 5) is 0. The summed E-state index contributed by atoms with van der Waals surface area (Å²) in [6.07, 6.45) is 7.75. The zero-order valence-corrected chi connectivity index (χ0v) is 10.8. The van der Waals surface area contributed by atoms with E-state index in [1.165, 1.54) is 25.7 Å². The molecule has 1 N–H and O–H groups in total. The smallest absolute Gasteiger partial charge is 0.117 e. The van der Waals surface area contributed by atoms with Gasteiger partial charge in [-0.1, -0.05) is 12.8 Å². The number of furan rings is 1. The first kappa shape index (κ1) is 12.1. The van der Waals surface area contributed by atoms with E-state index in [-0.39, 0.29) is 0 Å². The van der Waals surface area contributed by atoms with Gasteiger partial charge >= 0.3 is 0 Å². The molecular formula is C13H21NOS. The van der Waals surface area contributed by atoms with Gasteiger partial charge in [0.25, 0.3) is 0 Å². The van der Waals surface area contributed by atoms with Gasteiger partial charge in [-0.05, 0) is 43.7 Å². The van der Waals surface area contributed by atoms with E-state index in [0.29, 0.717) is 0 Å². The molecule has 0 aliphatic heterocycles. The lowest BCUT2D eigenvalue weighted by atomic mass is 10.1. The van der Waals surface area contributed by atoms with E-state index in [9.17, 15) is 0 Å². The summed E-state index contributed by atoms with van der Waals surface area (Å²) in [6, 6.07) is 4.18. The highest BCUT2D eigenvalue weighted by Crippen LogP contribution is 2.23. The van der Waals surface area contributed by atoms with Gasteiger partial charge < -0.3 is 9.73 Å². The minimum absolute atomic E-state index is 0.880. The van der Waals surface area contributed by atoms with Crippen LogP contribution in [0.4, 0.5) is 0 Å². The van der Waals surface area contributed by atoms with Crippen LogP contribution in [0.15, 0.2) is 16.5 Å². The quantitative estimate of drug-likeness (QED) is 0.823. The highest BCUT2D eigenvalue weighted by atomic mass is 32.2. The number of thioether (sulfide) groups is 1. The van der Waals surface area contributed by atoms with Gasteiger partial charge in [-0.3, -0.25) is 0 Å². The molecule has 1 saturated carbocycles. The lowest BCUT2D eigenvalue weighted by molar-refractivity contribution is 0.432. The Bertz CT molecular complexity index is 305. The highest BCUT2D eigenvalue weighted by molar-refractivity contribution is 7.97. The standard InChI is InChI=1S/C13H21NOS/c1-16-10-13-7-6-12(15-13)9-14-8-11-4-2-3-5-11/h6-7,11,14H,2-5,8-10H2,1H3. The summed E-state index contributed by atoms with van der Waals surface area (Å²) in [6.45, 7) is 2.03. The molecule has 0 atom stereocenters. The van der Waals surface area contributed by atoms with E-state index >= 15 is 0 Å². The Balaban J connectivity index is 1.67. The summed E-state index contributed by atoms with van der Waals surface area (Å²) in [7, 11) is 0. The molecule has 2 nitrogen and oxygen atoms in total. The van der Waals surface area contributed by atoms with Crippen LogP contribution in [0, 0.1) is 5.92 Å². The number of nitrogens with one attached hydrogen (secondary N) is 1. The average Bonchev–Trinajstić information content (AvgIpc) is 2.90. The van der Waals surface area contributed by atoms with Crippen LogP contribution in [0.1, 0.15) is 37.2 Å². The Morgan fingerprint density at radius 2 is 2.06 bits per heavy atom. The maximum absolute atomic E-state index is 5.71. The van der Waals surface area contributed by atoms with Gasteiger partial charge in [0.1, 0.15) is 11.5 Å². The van der Waals surface area contributed by atoms with Crippen LogP contribution in [-0.2, 0) is 12.3 Å². The van der Waals surface area contributed by atoms with Crippen LogP contribution in [-0.4, -0.2) is 12.8 Å². The Morgan fingerprint density at radius 1 is 1.31 bits per heavy atom. The second-order valence-corrected chi connectivity index (χ2v) is 5.45. The fraction of sp³-hybridized carbons (Fsp3) is 0.692. The van der Waals surface area contributed by atoms with Gasteiger partial charge in [0, 0.05) is 0 Å². The minimum Gasteiger partial charge on any atom is -0.464 e. The van der Waals surface area contributed by atoms with Gasteiger partial charge in [-0.25, -0.2) is 0 Å². The van der Waals surface area contributed by atoms with Gasteiger partial charge in [-0.2, -0.15) is 11.8 Å². The third-order valence-electron chi connectivity index (χ3n) is 3.21. The average molecular weight is 239 g/mol.